The molecule has 34 heavy (non-hydrogen) atoms. The first kappa shape index (κ1) is 22.3. The van der Waals surface area contributed by atoms with Gasteiger partial charge in [0.1, 0.15) is 5.16 Å². The molecule has 170 valence electrons. The van der Waals surface area contributed by atoms with E-state index in [0.717, 1.165) is 17.1 Å². The van der Waals surface area contributed by atoms with E-state index in [-0.39, 0.29) is 0 Å². The van der Waals surface area contributed by atoms with Gasteiger partial charge in [-0.3, -0.25) is 0 Å². The summed E-state index contributed by atoms with van der Waals surface area (Å²) in [5, 5.41) is 4.55. The van der Waals surface area contributed by atoms with Crippen LogP contribution in [0.15, 0.2) is 131 Å². The van der Waals surface area contributed by atoms with Crippen molar-refractivity contribution < 1.29 is 4.52 Å². The number of benzene rings is 4. The van der Waals surface area contributed by atoms with Crippen LogP contribution < -0.4 is 4.78 Å². The summed E-state index contributed by atoms with van der Waals surface area (Å²) in [6, 6.07) is 41.7. The lowest BCUT2D eigenvalue weighted by molar-refractivity contribution is 0.422. The lowest BCUT2D eigenvalue weighted by Crippen LogP contribution is -2.41. The van der Waals surface area contributed by atoms with Crippen LogP contribution in [-0.4, -0.2) is 12.8 Å². The van der Waals surface area contributed by atoms with Gasteiger partial charge in [0, 0.05) is 19.2 Å². The maximum Gasteiger partial charge on any atom is 0.218 e. The number of para-hydroxylation sites is 1. The van der Waals surface area contributed by atoms with Gasteiger partial charge in [-0.2, -0.15) is 5.10 Å². The predicted molar refractivity (Wildman–Crippen MR) is 143 cm³/mol. The molecular formula is C29H28N3OP. The second-order valence-corrected chi connectivity index (χ2v) is 11.2. The quantitative estimate of drug-likeness (QED) is 0.278. The predicted octanol–water partition coefficient (Wildman–Crippen LogP) is 8.23. The van der Waals surface area contributed by atoms with E-state index >= 15 is 0 Å². The molecule has 4 aromatic rings. The van der Waals surface area contributed by atoms with E-state index in [0.29, 0.717) is 6.42 Å². The van der Waals surface area contributed by atoms with Gasteiger partial charge in [0.25, 0.3) is 0 Å². The Bertz CT molecular complexity index is 1280. The van der Waals surface area contributed by atoms with E-state index in [9.17, 15) is 0 Å². The van der Waals surface area contributed by atoms with Crippen molar-refractivity contribution in [1.82, 2.24) is 0 Å². The molecular weight excluding hydrogens is 437 g/mol. The van der Waals surface area contributed by atoms with E-state index in [1.165, 1.54) is 11.1 Å². The largest absolute Gasteiger partial charge is 0.330 e. The van der Waals surface area contributed by atoms with Gasteiger partial charge in [0.05, 0.1) is 11.4 Å². The van der Waals surface area contributed by atoms with Gasteiger partial charge in [-0.15, -0.1) is 0 Å². The molecule has 0 saturated carbocycles. The average Bonchev–Trinajstić information content (AvgIpc) is 2.91. The van der Waals surface area contributed by atoms with E-state index in [1.54, 1.807) is 7.11 Å². The van der Waals surface area contributed by atoms with Crippen molar-refractivity contribution in [3.8, 4) is 0 Å². The summed E-state index contributed by atoms with van der Waals surface area (Å²) in [6.45, 7) is 2.10. The fraction of sp³-hybridized carbons (Fsp3) is 0.138. The average molecular weight is 466 g/mol. The smallest absolute Gasteiger partial charge is 0.218 e. The Morgan fingerprint density at radius 1 is 0.735 bits per heavy atom. The molecule has 0 aliphatic carbocycles. The van der Waals surface area contributed by atoms with Crippen LogP contribution in [0.1, 0.15) is 24.5 Å². The Morgan fingerprint density at radius 2 is 1.21 bits per heavy atom. The lowest BCUT2D eigenvalue weighted by Gasteiger charge is -2.50. The van der Waals surface area contributed by atoms with E-state index < -0.39 is 12.6 Å². The summed E-state index contributed by atoms with van der Waals surface area (Å²) in [7, 11) is -1.09. The molecule has 0 spiro atoms. The van der Waals surface area contributed by atoms with E-state index in [1.807, 2.05) is 48.5 Å². The minimum Gasteiger partial charge on any atom is -0.330 e. The summed E-state index contributed by atoms with van der Waals surface area (Å²) in [5.74, 6) is 0. The van der Waals surface area contributed by atoms with Gasteiger partial charge in [-0.25, -0.2) is 9.52 Å². The van der Waals surface area contributed by atoms with Crippen molar-refractivity contribution in [3.63, 3.8) is 0 Å². The molecule has 5 heteroatoms. The van der Waals surface area contributed by atoms with Crippen LogP contribution in [-0.2, 0) is 9.68 Å². The Hall–Kier alpha value is -3.46. The maximum absolute atomic E-state index is 6.69. The lowest BCUT2D eigenvalue weighted by atomic mass is 9.86. The first-order chi connectivity index (χ1) is 16.7. The number of hydrogen-bond acceptors (Lipinski definition) is 3. The highest BCUT2D eigenvalue weighted by atomic mass is 31.2. The summed E-state index contributed by atoms with van der Waals surface area (Å²) in [4.78, 5) is 0. The molecule has 1 aliphatic heterocycles. The fourth-order valence-corrected chi connectivity index (χ4v) is 8.56. The monoisotopic (exact) mass is 465 g/mol. The highest BCUT2D eigenvalue weighted by molar-refractivity contribution is 7.65. The molecule has 1 aliphatic rings. The molecule has 1 unspecified atom stereocenters. The van der Waals surface area contributed by atoms with Gasteiger partial charge in [0.2, 0.25) is 7.43 Å². The van der Waals surface area contributed by atoms with Crippen LogP contribution in [0.4, 0.5) is 11.4 Å². The second-order valence-electron chi connectivity index (χ2n) is 8.39. The Balaban J connectivity index is 1.95. The molecule has 0 aromatic heterocycles. The second kappa shape index (κ2) is 9.42. The SMILES string of the molecule is COP1(=Nc2ccccc2)N(c2ccccc2)N=C(C)CC1(c1ccccc1)c1ccccc1. The van der Waals surface area contributed by atoms with Crippen molar-refractivity contribution in [3.05, 3.63) is 132 Å². The van der Waals surface area contributed by atoms with Crippen LogP contribution in [0.3, 0.4) is 0 Å². The molecule has 0 amide bonds. The molecule has 0 radical (unpaired) electrons. The standard InChI is InChI=1S/C29H28N3OP/c1-24-23-29(25-15-7-3-8-16-25,26-17-9-4-10-18-26)34(33-2,31-27-19-11-5-12-20-27)32(30-24)28-21-13-6-14-22-28/h3-22H,23H2,1-2H3. The van der Waals surface area contributed by atoms with Crippen LogP contribution in [0, 0.1) is 0 Å². The Morgan fingerprint density at radius 3 is 1.71 bits per heavy atom. The van der Waals surface area contributed by atoms with Crippen LogP contribution >= 0.6 is 7.43 Å². The third-order valence-electron chi connectivity index (χ3n) is 6.28. The van der Waals surface area contributed by atoms with Gasteiger partial charge in [-0.1, -0.05) is 97.1 Å². The van der Waals surface area contributed by atoms with Gasteiger partial charge in [-0.05, 0) is 42.3 Å². The molecule has 0 saturated heterocycles. The van der Waals surface area contributed by atoms with Crippen LogP contribution in [0.2, 0.25) is 0 Å². The van der Waals surface area contributed by atoms with E-state index in [4.69, 9.17) is 14.4 Å². The summed E-state index contributed by atoms with van der Waals surface area (Å²) < 4.78 is 14.2. The molecule has 1 heterocycles. The van der Waals surface area contributed by atoms with Crippen molar-refractivity contribution in [2.45, 2.75) is 18.5 Å². The third kappa shape index (κ3) is 3.69. The zero-order chi connectivity index (χ0) is 23.4. The fourth-order valence-electron chi connectivity index (χ4n) is 4.86. The highest BCUT2D eigenvalue weighted by Crippen LogP contribution is 2.75. The number of hydrazone groups is 1. The molecule has 1 atom stereocenters. The van der Waals surface area contributed by atoms with Crippen molar-refractivity contribution in [1.29, 1.82) is 0 Å². The Kier molecular flexibility index (Phi) is 6.19. The number of hydrogen-bond donors (Lipinski definition) is 0. The van der Waals surface area contributed by atoms with Crippen molar-refractivity contribution >= 4 is 24.5 Å². The topological polar surface area (TPSA) is 37.2 Å². The molecule has 4 aromatic carbocycles. The highest BCUT2D eigenvalue weighted by Gasteiger charge is 2.56. The number of anilines is 1. The van der Waals surface area contributed by atoms with E-state index in [2.05, 4.69) is 84.5 Å². The van der Waals surface area contributed by atoms with Gasteiger partial charge < -0.3 is 4.52 Å². The van der Waals surface area contributed by atoms with Crippen LogP contribution in [0.25, 0.3) is 0 Å². The summed E-state index contributed by atoms with van der Waals surface area (Å²) in [5.41, 5.74) is 5.22. The molecule has 0 bridgehead atoms. The number of rotatable bonds is 5. The summed E-state index contributed by atoms with van der Waals surface area (Å²) in [6.07, 6.45) is 0.711. The van der Waals surface area contributed by atoms with Gasteiger partial charge in [0.15, 0.2) is 0 Å². The zero-order valence-electron chi connectivity index (χ0n) is 19.5. The summed E-state index contributed by atoms with van der Waals surface area (Å²) >= 11 is 0. The molecule has 0 N–H and O–H groups in total. The minimum atomic E-state index is -2.88. The molecule has 0 fully saturated rings. The number of nitrogens with zero attached hydrogens (tertiary/aromatic N) is 3. The normalized spacial score (nSPS) is 19.4. The molecule has 4 nitrogen and oxygen atoms in total. The maximum atomic E-state index is 6.69. The molecule has 5 rings (SSSR count). The zero-order valence-corrected chi connectivity index (χ0v) is 20.3. The first-order valence-corrected chi connectivity index (χ1v) is 13.0. The van der Waals surface area contributed by atoms with Crippen LogP contribution in [0.5, 0.6) is 0 Å². The van der Waals surface area contributed by atoms with Gasteiger partial charge >= 0.3 is 0 Å². The van der Waals surface area contributed by atoms with Crippen molar-refractivity contribution in [2.24, 2.45) is 9.85 Å². The third-order valence-corrected chi connectivity index (χ3v) is 9.80. The first-order valence-electron chi connectivity index (χ1n) is 11.4. The Labute approximate surface area is 201 Å². The minimum absolute atomic E-state index is 0.554. The van der Waals surface area contributed by atoms with Crippen molar-refractivity contribution in [2.75, 3.05) is 11.9 Å².